The minimum atomic E-state index is 0.230. The van der Waals surface area contributed by atoms with E-state index in [1.807, 2.05) is 0 Å². The number of unbranched alkanes of at least 4 members (excludes halogenated alkanes) is 5. The number of nitrogens with one attached hydrogen (secondary N) is 1. The van der Waals surface area contributed by atoms with Gasteiger partial charge in [-0.2, -0.15) is 0 Å². The Kier molecular flexibility index (Phi) is 7.33. The van der Waals surface area contributed by atoms with Gasteiger partial charge in [0.05, 0.1) is 0 Å². The van der Waals surface area contributed by atoms with Crippen LogP contribution in [0.4, 0.5) is 0 Å². The van der Waals surface area contributed by atoms with Crippen LogP contribution >= 0.6 is 0 Å². The van der Waals surface area contributed by atoms with Gasteiger partial charge in [0.2, 0.25) is 5.91 Å². The Labute approximate surface area is 112 Å². The van der Waals surface area contributed by atoms with Crippen LogP contribution in [0.5, 0.6) is 0 Å². The largest absolute Gasteiger partial charge is 0.356 e. The molecule has 0 aromatic heterocycles. The first-order valence-electron chi connectivity index (χ1n) is 7.69. The summed E-state index contributed by atoms with van der Waals surface area (Å²) in [5.74, 6) is 0.230. The Bertz CT molecular complexity index is 237. The van der Waals surface area contributed by atoms with Crippen molar-refractivity contribution in [1.82, 2.24) is 5.32 Å². The highest BCUT2D eigenvalue weighted by molar-refractivity contribution is 5.75. The molecule has 0 bridgehead atoms. The summed E-state index contributed by atoms with van der Waals surface area (Å²) in [5, 5.41) is 3.08. The number of carbonyl (C=O) groups is 1. The number of carbonyl (C=O) groups excluding carboxylic acids is 1. The van der Waals surface area contributed by atoms with Crippen molar-refractivity contribution in [3.05, 3.63) is 0 Å². The zero-order valence-electron chi connectivity index (χ0n) is 12.0. The summed E-state index contributed by atoms with van der Waals surface area (Å²) in [4.78, 5) is 11.7. The van der Waals surface area contributed by atoms with Crippen molar-refractivity contribution in [1.29, 1.82) is 0 Å². The predicted molar refractivity (Wildman–Crippen MR) is 76.3 cm³/mol. The van der Waals surface area contributed by atoms with Gasteiger partial charge in [0.25, 0.3) is 0 Å². The van der Waals surface area contributed by atoms with Gasteiger partial charge in [0.1, 0.15) is 0 Å². The molecule has 1 saturated carbocycles. The average molecular weight is 254 g/mol. The number of nitrogens with two attached hydrogens (primary N) is 1. The molecule has 1 rings (SSSR count). The highest BCUT2D eigenvalue weighted by Gasteiger charge is 2.41. The first-order valence-corrected chi connectivity index (χ1v) is 7.69. The second kappa shape index (κ2) is 8.52. The van der Waals surface area contributed by atoms with Crippen LogP contribution < -0.4 is 11.1 Å². The van der Waals surface area contributed by atoms with Crippen LogP contribution in [0.25, 0.3) is 0 Å². The van der Waals surface area contributed by atoms with Crippen molar-refractivity contribution in [2.45, 2.75) is 71.1 Å². The molecule has 1 aliphatic rings. The van der Waals surface area contributed by atoms with Gasteiger partial charge >= 0.3 is 0 Å². The van der Waals surface area contributed by atoms with Crippen molar-refractivity contribution in [2.75, 3.05) is 13.1 Å². The van der Waals surface area contributed by atoms with Gasteiger partial charge in [-0.1, -0.05) is 39.0 Å². The average Bonchev–Trinajstić information content (AvgIpc) is 3.12. The molecule has 0 saturated heterocycles. The maximum atomic E-state index is 11.7. The highest BCUT2D eigenvalue weighted by Crippen LogP contribution is 2.47. The molecule has 3 N–H and O–H groups in total. The van der Waals surface area contributed by atoms with Crippen molar-refractivity contribution in [2.24, 2.45) is 11.1 Å². The molecule has 106 valence electrons. The summed E-state index contributed by atoms with van der Waals surface area (Å²) >= 11 is 0. The summed E-state index contributed by atoms with van der Waals surface area (Å²) in [5.41, 5.74) is 5.95. The van der Waals surface area contributed by atoms with Crippen LogP contribution in [0.1, 0.15) is 71.1 Å². The van der Waals surface area contributed by atoms with E-state index in [1.54, 1.807) is 0 Å². The lowest BCUT2D eigenvalue weighted by Gasteiger charge is -2.14. The molecule has 18 heavy (non-hydrogen) atoms. The number of hydrogen-bond acceptors (Lipinski definition) is 2. The molecule has 3 heteroatoms. The van der Waals surface area contributed by atoms with E-state index in [4.69, 9.17) is 5.73 Å². The van der Waals surface area contributed by atoms with E-state index in [2.05, 4.69) is 12.2 Å². The van der Waals surface area contributed by atoms with Crippen LogP contribution in [0.15, 0.2) is 0 Å². The molecule has 0 atom stereocenters. The Morgan fingerprint density at radius 1 is 1.17 bits per heavy atom. The smallest absolute Gasteiger partial charge is 0.220 e. The summed E-state index contributed by atoms with van der Waals surface area (Å²) in [7, 11) is 0. The number of rotatable bonds is 11. The molecule has 3 nitrogen and oxygen atoms in total. The molecule has 1 aliphatic carbocycles. The molecule has 0 aliphatic heterocycles. The lowest BCUT2D eigenvalue weighted by Crippen LogP contribution is -2.31. The van der Waals surface area contributed by atoms with Crippen LogP contribution in [-0.2, 0) is 4.79 Å². The van der Waals surface area contributed by atoms with E-state index < -0.39 is 0 Å². The van der Waals surface area contributed by atoms with Crippen molar-refractivity contribution >= 4 is 5.91 Å². The summed E-state index contributed by atoms with van der Waals surface area (Å²) in [6, 6.07) is 0. The zero-order valence-corrected chi connectivity index (χ0v) is 12.0. The van der Waals surface area contributed by atoms with Gasteiger partial charge in [-0.05, 0) is 37.6 Å². The molecule has 0 aromatic rings. The molecule has 0 aromatic carbocycles. The highest BCUT2D eigenvalue weighted by atomic mass is 16.1. The van der Waals surface area contributed by atoms with Crippen LogP contribution in [0.2, 0.25) is 0 Å². The molecular weight excluding hydrogens is 224 g/mol. The third-order valence-corrected chi connectivity index (χ3v) is 4.05. The minimum Gasteiger partial charge on any atom is -0.356 e. The Morgan fingerprint density at radius 3 is 2.44 bits per heavy atom. The van der Waals surface area contributed by atoms with E-state index >= 15 is 0 Å². The summed E-state index contributed by atoms with van der Waals surface area (Å²) < 4.78 is 0. The van der Waals surface area contributed by atoms with E-state index in [-0.39, 0.29) is 5.91 Å². The van der Waals surface area contributed by atoms with Crippen LogP contribution in [0.3, 0.4) is 0 Å². The second-order valence-electron chi connectivity index (χ2n) is 5.83. The monoisotopic (exact) mass is 254 g/mol. The van der Waals surface area contributed by atoms with Gasteiger partial charge in [-0.25, -0.2) is 0 Å². The lowest BCUT2D eigenvalue weighted by atomic mass is 10.0. The topological polar surface area (TPSA) is 55.1 Å². The van der Waals surface area contributed by atoms with Crippen molar-refractivity contribution in [3.8, 4) is 0 Å². The van der Waals surface area contributed by atoms with Gasteiger partial charge < -0.3 is 11.1 Å². The Morgan fingerprint density at radius 2 is 1.83 bits per heavy atom. The van der Waals surface area contributed by atoms with Gasteiger partial charge in [0, 0.05) is 13.0 Å². The molecule has 0 radical (unpaired) electrons. The SMILES string of the molecule is CCCCCCCCC(=O)NCC1(CCN)CC1. The maximum absolute atomic E-state index is 11.7. The first-order chi connectivity index (χ1) is 8.72. The maximum Gasteiger partial charge on any atom is 0.220 e. The Hall–Kier alpha value is -0.570. The van der Waals surface area contributed by atoms with Gasteiger partial charge in [-0.3, -0.25) is 4.79 Å². The minimum absolute atomic E-state index is 0.230. The van der Waals surface area contributed by atoms with E-state index in [0.29, 0.717) is 11.8 Å². The van der Waals surface area contributed by atoms with Crippen molar-refractivity contribution < 1.29 is 4.79 Å². The fourth-order valence-corrected chi connectivity index (χ4v) is 2.44. The third kappa shape index (κ3) is 6.39. The normalized spacial score (nSPS) is 16.6. The molecule has 0 spiro atoms. The number of amides is 1. The second-order valence-corrected chi connectivity index (χ2v) is 5.83. The zero-order chi connectivity index (χ0) is 13.3. The third-order valence-electron chi connectivity index (χ3n) is 4.05. The molecule has 1 amide bonds. The fraction of sp³-hybridized carbons (Fsp3) is 0.933. The molecule has 0 heterocycles. The number of hydrogen-bond donors (Lipinski definition) is 2. The summed E-state index contributed by atoms with van der Waals surface area (Å²) in [6.45, 7) is 3.81. The van der Waals surface area contributed by atoms with Crippen LogP contribution in [-0.4, -0.2) is 19.0 Å². The van der Waals surface area contributed by atoms with E-state index in [1.165, 1.54) is 44.9 Å². The quantitative estimate of drug-likeness (QED) is 0.557. The van der Waals surface area contributed by atoms with E-state index in [9.17, 15) is 4.79 Å². The summed E-state index contributed by atoms with van der Waals surface area (Å²) in [6.07, 6.45) is 11.7. The van der Waals surface area contributed by atoms with Crippen LogP contribution in [0, 0.1) is 5.41 Å². The Balaban J connectivity index is 1.94. The fourth-order valence-electron chi connectivity index (χ4n) is 2.44. The van der Waals surface area contributed by atoms with Gasteiger partial charge in [-0.15, -0.1) is 0 Å². The molecular formula is C15H30N2O. The van der Waals surface area contributed by atoms with Gasteiger partial charge in [0.15, 0.2) is 0 Å². The van der Waals surface area contributed by atoms with Crippen molar-refractivity contribution in [3.63, 3.8) is 0 Å². The standard InChI is InChI=1S/C15H30N2O/c1-2-3-4-5-6-7-8-14(18)17-13-15(9-10-15)11-12-16/h2-13,16H2,1H3,(H,17,18). The predicted octanol–water partition coefficient (Wildman–Crippen LogP) is 2.98. The molecule has 0 unspecified atom stereocenters. The molecule has 1 fully saturated rings. The first kappa shape index (κ1) is 15.5. The lowest BCUT2D eigenvalue weighted by molar-refractivity contribution is -0.121. The van der Waals surface area contributed by atoms with E-state index in [0.717, 1.165) is 25.9 Å².